The summed E-state index contributed by atoms with van der Waals surface area (Å²) in [4.78, 5) is 17.4. The first kappa shape index (κ1) is 28.0. The summed E-state index contributed by atoms with van der Waals surface area (Å²) in [5.74, 6) is -0.0538. The Kier molecular flexibility index (Phi) is 8.79. The van der Waals surface area contributed by atoms with Gasteiger partial charge in [-0.05, 0) is 53.8 Å². The molecule has 1 fully saturated rings. The van der Waals surface area contributed by atoms with Crippen LogP contribution in [0.4, 0.5) is 5.69 Å². The standard InChI is InChI=1S/C31H37N5O3/c1-21(2)27-16-28(30(39)17-29(27)38)31(33)36(22(3)32)26-9-7-23(8-10-26)18-34-11-13-35(14-12-34)19-24-5-4-6-25(15-24)20-37/h4-10,15-17,20-21,32-33,38-39H,11-14,18-19H2,1-3H3. The lowest BCUT2D eigenvalue weighted by Gasteiger charge is -2.35. The van der Waals surface area contributed by atoms with Crippen LogP contribution in [0.25, 0.3) is 0 Å². The molecular formula is C31H37N5O3. The number of phenols is 2. The first-order valence-corrected chi connectivity index (χ1v) is 13.2. The van der Waals surface area contributed by atoms with Crippen molar-refractivity contribution in [1.82, 2.24) is 9.80 Å². The fraction of sp³-hybridized carbons (Fsp3) is 0.323. The minimum absolute atomic E-state index is 0.00513. The van der Waals surface area contributed by atoms with Gasteiger partial charge in [-0.25, -0.2) is 0 Å². The molecule has 0 amide bonds. The second-order valence-corrected chi connectivity index (χ2v) is 10.4. The van der Waals surface area contributed by atoms with Gasteiger partial charge in [0.05, 0.1) is 5.56 Å². The minimum Gasteiger partial charge on any atom is -0.508 e. The zero-order valence-corrected chi connectivity index (χ0v) is 22.8. The smallest absolute Gasteiger partial charge is 0.150 e. The van der Waals surface area contributed by atoms with Gasteiger partial charge >= 0.3 is 0 Å². The molecule has 3 aromatic carbocycles. The van der Waals surface area contributed by atoms with Crippen molar-refractivity contribution in [3.05, 3.63) is 88.5 Å². The van der Waals surface area contributed by atoms with Gasteiger partial charge in [-0.2, -0.15) is 0 Å². The molecule has 8 heteroatoms. The van der Waals surface area contributed by atoms with Crippen LogP contribution in [0.1, 0.15) is 59.3 Å². The summed E-state index contributed by atoms with van der Waals surface area (Å²) in [7, 11) is 0. The fourth-order valence-electron chi connectivity index (χ4n) is 4.99. The molecule has 4 rings (SSSR count). The van der Waals surface area contributed by atoms with E-state index in [9.17, 15) is 15.0 Å². The summed E-state index contributed by atoms with van der Waals surface area (Å²) in [6.07, 6.45) is 0.887. The van der Waals surface area contributed by atoms with Crippen molar-refractivity contribution < 1.29 is 15.0 Å². The third kappa shape index (κ3) is 6.71. The number of piperazine rings is 1. The van der Waals surface area contributed by atoms with E-state index in [0.29, 0.717) is 16.8 Å². The molecule has 0 radical (unpaired) electrons. The van der Waals surface area contributed by atoms with Crippen LogP contribution in [0.2, 0.25) is 0 Å². The van der Waals surface area contributed by atoms with E-state index in [1.165, 1.54) is 11.0 Å². The molecule has 0 unspecified atom stereocenters. The number of carbonyl (C=O) groups excluding carboxylic acids is 1. The van der Waals surface area contributed by atoms with Crippen molar-refractivity contribution in [2.24, 2.45) is 0 Å². The maximum absolute atomic E-state index is 11.1. The average Bonchev–Trinajstić information content (AvgIpc) is 2.90. The van der Waals surface area contributed by atoms with Crippen molar-refractivity contribution >= 4 is 23.6 Å². The highest BCUT2D eigenvalue weighted by molar-refractivity contribution is 6.23. The number of anilines is 1. The third-order valence-corrected chi connectivity index (χ3v) is 7.14. The predicted molar refractivity (Wildman–Crippen MR) is 155 cm³/mol. The summed E-state index contributed by atoms with van der Waals surface area (Å²) in [5, 5.41) is 37.8. The third-order valence-electron chi connectivity index (χ3n) is 7.14. The summed E-state index contributed by atoms with van der Waals surface area (Å²) in [6, 6.07) is 18.5. The van der Waals surface area contributed by atoms with E-state index >= 15 is 0 Å². The van der Waals surface area contributed by atoms with Crippen LogP contribution in [0.5, 0.6) is 11.5 Å². The van der Waals surface area contributed by atoms with Crippen LogP contribution in [0.3, 0.4) is 0 Å². The number of rotatable bonds is 8. The van der Waals surface area contributed by atoms with Crippen LogP contribution in [-0.4, -0.2) is 64.1 Å². The summed E-state index contributed by atoms with van der Waals surface area (Å²) < 4.78 is 0. The van der Waals surface area contributed by atoms with Crippen LogP contribution in [0, 0.1) is 10.8 Å². The summed E-state index contributed by atoms with van der Waals surface area (Å²) in [5.41, 5.74) is 4.58. The number of aldehydes is 1. The topological polar surface area (TPSA) is 115 Å². The lowest BCUT2D eigenvalue weighted by Crippen LogP contribution is -2.45. The van der Waals surface area contributed by atoms with Crippen LogP contribution >= 0.6 is 0 Å². The number of amidine groups is 2. The van der Waals surface area contributed by atoms with Gasteiger partial charge in [-0.15, -0.1) is 0 Å². The number of phenolic OH excluding ortho intramolecular Hbond substituents is 2. The Morgan fingerprint density at radius 2 is 1.51 bits per heavy atom. The molecule has 204 valence electrons. The molecule has 0 bridgehead atoms. The monoisotopic (exact) mass is 527 g/mol. The first-order valence-electron chi connectivity index (χ1n) is 13.2. The van der Waals surface area contributed by atoms with Gasteiger partial charge in [-0.1, -0.05) is 44.2 Å². The van der Waals surface area contributed by atoms with Crippen LogP contribution in [-0.2, 0) is 13.1 Å². The molecule has 4 N–H and O–H groups in total. The highest BCUT2D eigenvalue weighted by atomic mass is 16.3. The van der Waals surface area contributed by atoms with E-state index < -0.39 is 0 Å². The number of carbonyl (C=O) groups is 1. The second kappa shape index (κ2) is 12.2. The molecule has 39 heavy (non-hydrogen) atoms. The maximum Gasteiger partial charge on any atom is 0.150 e. The highest BCUT2D eigenvalue weighted by Gasteiger charge is 2.22. The molecular weight excluding hydrogens is 490 g/mol. The minimum atomic E-state index is -0.194. The van der Waals surface area contributed by atoms with Crippen molar-refractivity contribution in [2.75, 3.05) is 31.1 Å². The van der Waals surface area contributed by atoms with Crippen LogP contribution < -0.4 is 4.90 Å². The molecule has 3 aromatic rings. The normalized spacial score (nSPS) is 14.4. The Morgan fingerprint density at radius 1 is 0.897 bits per heavy atom. The average molecular weight is 528 g/mol. The summed E-state index contributed by atoms with van der Waals surface area (Å²) >= 11 is 0. The molecule has 0 saturated carbocycles. The van der Waals surface area contributed by atoms with E-state index in [-0.39, 0.29) is 34.7 Å². The molecule has 0 aliphatic carbocycles. The summed E-state index contributed by atoms with van der Waals surface area (Å²) in [6.45, 7) is 10.9. The number of aromatic hydroxyl groups is 2. The maximum atomic E-state index is 11.1. The SMILES string of the molecule is CC(=N)N(C(=N)c1cc(C(C)C)c(O)cc1O)c1ccc(CN2CCN(Cc3cccc(C=O)c3)CC2)cc1. The fourth-order valence-corrected chi connectivity index (χ4v) is 4.99. The molecule has 1 aliphatic rings. The van der Waals surface area contributed by atoms with Gasteiger partial charge in [-0.3, -0.25) is 30.3 Å². The molecule has 1 saturated heterocycles. The van der Waals surface area contributed by atoms with E-state index in [1.807, 2.05) is 56.3 Å². The predicted octanol–water partition coefficient (Wildman–Crippen LogP) is 5.18. The largest absolute Gasteiger partial charge is 0.508 e. The highest BCUT2D eigenvalue weighted by Crippen LogP contribution is 2.33. The molecule has 0 atom stereocenters. The Morgan fingerprint density at radius 3 is 2.08 bits per heavy atom. The Hall–Kier alpha value is -4.01. The zero-order valence-electron chi connectivity index (χ0n) is 22.8. The number of nitrogens with one attached hydrogen (secondary N) is 2. The van der Waals surface area contributed by atoms with Gasteiger partial charge in [0.25, 0.3) is 0 Å². The van der Waals surface area contributed by atoms with E-state index in [2.05, 4.69) is 15.9 Å². The van der Waals surface area contributed by atoms with Gasteiger partial charge in [0.15, 0.2) is 0 Å². The molecule has 1 aliphatic heterocycles. The van der Waals surface area contributed by atoms with Crippen molar-refractivity contribution in [1.29, 1.82) is 10.8 Å². The number of benzene rings is 3. The molecule has 0 spiro atoms. The van der Waals surface area contributed by atoms with E-state index in [0.717, 1.165) is 56.7 Å². The van der Waals surface area contributed by atoms with E-state index in [4.69, 9.17) is 10.8 Å². The van der Waals surface area contributed by atoms with Gasteiger partial charge in [0.2, 0.25) is 0 Å². The molecule has 0 aromatic heterocycles. The molecule has 8 nitrogen and oxygen atoms in total. The van der Waals surface area contributed by atoms with Crippen molar-refractivity contribution in [3.8, 4) is 11.5 Å². The van der Waals surface area contributed by atoms with Crippen LogP contribution in [0.15, 0.2) is 60.7 Å². The lowest BCUT2D eigenvalue weighted by atomic mass is 9.98. The van der Waals surface area contributed by atoms with Crippen molar-refractivity contribution in [3.63, 3.8) is 0 Å². The Labute approximate surface area is 230 Å². The van der Waals surface area contributed by atoms with Gasteiger partial charge in [0.1, 0.15) is 29.5 Å². The van der Waals surface area contributed by atoms with Gasteiger partial charge in [0, 0.05) is 56.6 Å². The number of hydrogen-bond donors (Lipinski definition) is 4. The van der Waals surface area contributed by atoms with Gasteiger partial charge < -0.3 is 10.2 Å². The first-order chi connectivity index (χ1) is 18.7. The van der Waals surface area contributed by atoms with Crippen molar-refractivity contribution in [2.45, 2.75) is 39.8 Å². The molecule has 1 heterocycles. The Balaban J connectivity index is 1.40. The second-order valence-electron chi connectivity index (χ2n) is 10.4. The van der Waals surface area contributed by atoms with E-state index in [1.54, 1.807) is 13.0 Å². The number of nitrogens with zero attached hydrogens (tertiary/aromatic N) is 3. The quantitative estimate of drug-likeness (QED) is 0.182. The Bertz CT molecular complexity index is 1340. The zero-order chi connectivity index (χ0) is 28.1. The lowest BCUT2D eigenvalue weighted by molar-refractivity contribution is 0.112. The number of hydrogen-bond acceptors (Lipinski definition) is 7.